The smallest absolute Gasteiger partial charge is 0.223 e. The van der Waals surface area contributed by atoms with Gasteiger partial charge in [0.1, 0.15) is 0 Å². The van der Waals surface area contributed by atoms with Crippen LogP contribution in [0.15, 0.2) is 0 Å². The van der Waals surface area contributed by atoms with Crippen LogP contribution >= 0.6 is 12.2 Å². The summed E-state index contributed by atoms with van der Waals surface area (Å²) >= 11 is 4.90. The summed E-state index contributed by atoms with van der Waals surface area (Å²) in [6.45, 7) is 2.05. The minimum atomic E-state index is 0.114. The minimum Gasteiger partial charge on any atom is -0.393 e. The van der Waals surface area contributed by atoms with Crippen molar-refractivity contribution < 1.29 is 4.79 Å². The van der Waals surface area contributed by atoms with Crippen molar-refractivity contribution in [1.29, 1.82) is 0 Å². The van der Waals surface area contributed by atoms with Gasteiger partial charge in [-0.15, -0.1) is 0 Å². The van der Waals surface area contributed by atoms with Gasteiger partial charge >= 0.3 is 0 Å². The Hall–Kier alpha value is -0.640. The van der Waals surface area contributed by atoms with Crippen LogP contribution in [-0.2, 0) is 4.79 Å². The van der Waals surface area contributed by atoms with E-state index in [-0.39, 0.29) is 17.9 Å². The molecule has 3 N–H and O–H groups in total. The van der Waals surface area contributed by atoms with Crippen LogP contribution in [0, 0.1) is 5.92 Å². The molecule has 98 valence electrons. The van der Waals surface area contributed by atoms with Crippen LogP contribution in [0.5, 0.6) is 0 Å². The highest BCUT2D eigenvalue weighted by Gasteiger charge is 2.22. The fraction of sp³-hybridized carbons (Fsp3) is 0.846. The number of nitrogens with one attached hydrogen (secondary N) is 1. The molecule has 0 aromatic heterocycles. The highest BCUT2D eigenvalue weighted by molar-refractivity contribution is 7.80. The maximum absolute atomic E-state index is 12.1. The molecule has 1 amide bonds. The molecule has 1 aliphatic carbocycles. The van der Waals surface area contributed by atoms with Crippen LogP contribution in [-0.4, -0.2) is 16.9 Å². The zero-order chi connectivity index (χ0) is 12.7. The Balaban J connectivity index is 2.42. The van der Waals surface area contributed by atoms with Crippen molar-refractivity contribution in [3.63, 3.8) is 0 Å². The predicted molar refractivity (Wildman–Crippen MR) is 74.8 cm³/mol. The van der Waals surface area contributed by atoms with Gasteiger partial charge < -0.3 is 11.1 Å². The molecule has 1 atom stereocenters. The first-order chi connectivity index (χ1) is 8.13. The van der Waals surface area contributed by atoms with E-state index in [0.29, 0.717) is 11.4 Å². The van der Waals surface area contributed by atoms with E-state index < -0.39 is 0 Å². The van der Waals surface area contributed by atoms with Crippen molar-refractivity contribution in [1.82, 2.24) is 5.32 Å². The molecule has 0 radical (unpaired) electrons. The molecule has 0 aliphatic heterocycles. The molecule has 0 bridgehead atoms. The molecule has 3 nitrogen and oxygen atoms in total. The van der Waals surface area contributed by atoms with Gasteiger partial charge in [-0.1, -0.05) is 44.8 Å². The van der Waals surface area contributed by atoms with E-state index in [2.05, 4.69) is 12.2 Å². The molecule has 1 saturated carbocycles. The quantitative estimate of drug-likeness (QED) is 0.587. The number of rotatable bonds is 5. The predicted octanol–water partition coefficient (Wildman–Crippen LogP) is 2.53. The van der Waals surface area contributed by atoms with Gasteiger partial charge in [-0.05, 0) is 19.3 Å². The summed E-state index contributed by atoms with van der Waals surface area (Å²) in [5, 5.41) is 3.09. The van der Waals surface area contributed by atoms with Gasteiger partial charge in [0.15, 0.2) is 0 Å². The Kier molecular flexibility index (Phi) is 6.48. The van der Waals surface area contributed by atoms with Gasteiger partial charge in [0.2, 0.25) is 5.91 Å². The standard InChI is InChI=1S/C13H24N2OS/c1-2-11(9-12(14)17)15-13(16)10-7-5-3-4-6-8-10/h10-11H,2-9H2,1H3,(H2,14,17)(H,15,16). The zero-order valence-corrected chi connectivity index (χ0v) is 11.5. The second-order valence-corrected chi connectivity index (χ2v) is 5.50. The first-order valence-corrected chi connectivity index (χ1v) is 7.13. The highest BCUT2D eigenvalue weighted by atomic mass is 32.1. The summed E-state index contributed by atoms with van der Waals surface area (Å²) in [6.07, 6.45) is 8.49. The molecule has 0 heterocycles. The molecule has 0 saturated heterocycles. The number of carbonyl (C=O) groups is 1. The van der Waals surface area contributed by atoms with Crippen molar-refractivity contribution in [3.05, 3.63) is 0 Å². The number of thiocarbonyl (C=S) groups is 1. The third kappa shape index (κ3) is 5.48. The fourth-order valence-electron chi connectivity index (χ4n) is 2.40. The van der Waals surface area contributed by atoms with Gasteiger partial charge in [0, 0.05) is 18.4 Å². The Morgan fingerprint density at radius 1 is 1.35 bits per heavy atom. The van der Waals surface area contributed by atoms with E-state index in [9.17, 15) is 4.79 Å². The average Bonchev–Trinajstić information content (AvgIpc) is 2.55. The number of hydrogen-bond donors (Lipinski definition) is 2. The molecule has 0 aromatic rings. The fourth-order valence-corrected chi connectivity index (χ4v) is 2.60. The topological polar surface area (TPSA) is 55.1 Å². The van der Waals surface area contributed by atoms with E-state index in [0.717, 1.165) is 19.3 Å². The van der Waals surface area contributed by atoms with Gasteiger partial charge in [0.25, 0.3) is 0 Å². The molecule has 0 spiro atoms. The van der Waals surface area contributed by atoms with Crippen LogP contribution < -0.4 is 11.1 Å². The molecular formula is C13H24N2OS. The van der Waals surface area contributed by atoms with Gasteiger partial charge in [0.05, 0.1) is 4.99 Å². The van der Waals surface area contributed by atoms with E-state index in [1.165, 1.54) is 25.7 Å². The lowest BCUT2D eigenvalue weighted by molar-refractivity contribution is -0.126. The Bertz CT molecular complexity index is 260. The van der Waals surface area contributed by atoms with Gasteiger partial charge in [-0.2, -0.15) is 0 Å². The van der Waals surface area contributed by atoms with Crippen LogP contribution in [0.1, 0.15) is 58.3 Å². The van der Waals surface area contributed by atoms with Gasteiger partial charge in [-0.25, -0.2) is 0 Å². The van der Waals surface area contributed by atoms with Crippen molar-refractivity contribution in [2.75, 3.05) is 0 Å². The highest BCUT2D eigenvalue weighted by Crippen LogP contribution is 2.23. The summed E-state index contributed by atoms with van der Waals surface area (Å²) in [7, 11) is 0. The Labute approximate surface area is 110 Å². The second kappa shape index (κ2) is 7.64. The monoisotopic (exact) mass is 256 g/mol. The summed E-state index contributed by atoms with van der Waals surface area (Å²) in [5.74, 6) is 0.410. The van der Waals surface area contributed by atoms with Crippen molar-refractivity contribution >= 4 is 23.1 Å². The lowest BCUT2D eigenvalue weighted by Gasteiger charge is -2.20. The largest absolute Gasteiger partial charge is 0.393 e. The summed E-state index contributed by atoms with van der Waals surface area (Å²) in [5.41, 5.74) is 5.53. The van der Waals surface area contributed by atoms with E-state index in [1.54, 1.807) is 0 Å². The lowest BCUT2D eigenvalue weighted by atomic mass is 9.98. The first-order valence-electron chi connectivity index (χ1n) is 6.72. The lowest BCUT2D eigenvalue weighted by Crippen LogP contribution is -2.40. The van der Waals surface area contributed by atoms with E-state index in [4.69, 9.17) is 18.0 Å². The molecule has 1 unspecified atom stereocenters. The Morgan fingerprint density at radius 3 is 2.41 bits per heavy atom. The molecule has 1 aliphatic rings. The second-order valence-electron chi connectivity index (χ2n) is 4.97. The maximum atomic E-state index is 12.1. The normalized spacial score (nSPS) is 19.4. The van der Waals surface area contributed by atoms with Crippen molar-refractivity contribution in [2.45, 2.75) is 64.3 Å². The average molecular weight is 256 g/mol. The van der Waals surface area contributed by atoms with Gasteiger partial charge in [-0.3, -0.25) is 4.79 Å². The number of carbonyl (C=O) groups excluding carboxylic acids is 1. The van der Waals surface area contributed by atoms with E-state index in [1.807, 2.05) is 0 Å². The number of nitrogens with two attached hydrogens (primary N) is 1. The molecule has 1 fully saturated rings. The number of amides is 1. The third-order valence-electron chi connectivity index (χ3n) is 3.51. The first kappa shape index (κ1) is 14.4. The summed E-state index contributed by atoms with van der Waals surface area (Å²) in [4.78, 5) is 12.6. The summed E-state index contributed by atoms with van der Waals surface area (Å²) < 4.78 is 0. The SMILES string of the molecule is CCC(CC(N)=S)NC(=O)C1CCCCCC1. The summed E-state index contributed by atoms with van der Waals surface area (Å²) in [6, 6.07) is 0.114. The number of hydrogen-bond acceptors (Lipinski definition) is 2. The molecule has 17 heavy (non-hydrogen) atoms. The van der Waals surface area contributed by atoms with Crippen molar-refractivity contribution in [2.24, 2.45) is 11.7 Å². The molecule has 1 rings (SSSR count). The van der Waals surface area contributed by atoms with Crippen molar-refractivity contribution in [3.8, 4) is 0 Å². The van der Waals surface area contributed by atoms with Crippen LogP contribution in [0.2, 0.25) is 0 Å². The van der Waals surface area contributed by atoms with Crippen LogP contribution in [0.3, 0.4) is 0 Å². The van der Waals surface area contributed by atoms with E-state index >= 15 is 0 Å². The third-order valence-corrected chi connectivity index (χ3v) is 3.68. The molecule has 4 heteroatoms. The molecule has 0 aromatic carbocycles. The minimum absolute atomic E-state index is 0.114. The van der Waals surface area contributed by atoms with Crippen LogP contribution in [0.25, 0.3) is 0 Å². The zero-order valence-electron chi connectivity index (χ0n) is 10.7. The Morgan fingerprint density at radius 2 is 1.94 bits per heavy atom. The van der Waals surface area contributed by atoms with Crippen LogP contribution in [0.4, 0.5) is 0 Å². The maximum Gasteiger partial charge on any atom is 0.223 e. The molecular weight excluding hydrogens is 232 g/mol.